The Hall–Kier alpha value is -0.980. The number of aromatic nitrogens is 1. The molecule has 0 bridgehead atoms. The fourth-order valence-electron chi connectivity index (χ4n) is 2.41. The first kappa shape index (κ1) is 15.4. The topological polar surface area (TPSA) is 45.7 Å². The molecule has 1 atom stereocenters. The van der Waals surface area contributed by atoms with Crippen molar-refractivity contribution < 1.29 is 9.53 Å². The third-order valence-corrected chi connectivity index (χ3v) is 4.54. The molecule has 1 aliphatic rings. The third-order valence-electron chi connectivity index (χ3n) is 3.62. The van der Waals surface area contributed by atoms with Crippen LogP contribution in [0, 0.1) is 0 Å². The van der Waals surface area contributed by atoms with Gasteiger partial charge in [0.05, 0.1) is 23.7 Å². The Kier molecular flexibility index (Phi) is 5.51. The summed E-state index contributed by atoms with van der Waals surface area (Å²) in [5.74, 6) is -0.195. The summed E-state index contributed by atoms with van der Waals surface area (Å²) in [4.78, 5) is 20.7. The molecule has 1 saturated heterocycles. The van der Waals surface area contributed by atoms with Crippen molar-refractivity contribution in [3.05, 3.63) is 16.1 Å². The lowest BCUT2D eigenvalue weighted by atomic mass is 10.1. The Morgan fingerprint density at radius 1 is 1.50 bits per heavy atom. The molecule has 0 aromatic carbocycles. The van der Waals surface area contributed by atoms with E-state index in [4.69, 9.17) is 4.74 Å². The normalized spacial score (nSPS) is 21.1. The number of piperazine rings is 1. The van der Waals surface area contributed by atoms with Gasteiger partial charge in [-0.05, 0) is 21.0 Å². The predicted octanol–water partition coefficient (Wildman–Crippen LogP) is 1.04. The van der Waals surface area contributed by atoms with Gasteiger partial charge in [0.1, 0.15) is 0 Å². The van der Waals surface area contributed by atoms with Gasteiger partial charge in [-0.15, -0.1) is 11.3 Å². The molecule has 1 fully saturated rings. The van der Waals surface area contributed by atoms with Gasteiger partial charge in [0.15, 0.2) is 0 Å². The summed E-state index contributed by atoms with van der Waals surface area (Å²) in [6, 6.07) is 0.510. The minimum Gasteiger partial charge on any atom is -0.466 e. The van der Waals surface area contributed by atoms with Crippen molar-refractivity contribution in [3.63, 3.8) is 0 Å². The number of likely N-dealkylation sites (N-methyl/N-ethyl adjacent to an activating group) is 2. The maximum Gasteiger partial charge on any atom is 0.311 e. The fourth-order valence-corrected chi connectivity index (χ4v) is 3.27. The van der Waals surface area contributed by atoms with Gasteiger partial charge in [-0.2, -0.15) is 0 Å². The highest BCUT2D eigenvalue weighted by molar-refractivity contribution is 7.09. The molecule has 0 spiro atoms. The summed E-state index contributed by atoms with van der Waals surface area (Å²) in [6.45, 7) is 5.54. The largest absolute Gasteiger partial charge is 0.466 e. The number of hydrogen-bond donors (Lipinski definition) is 0. The van der Waals surface area contributed by atoms with Gasteiger partial charge >= 0.3 is 5.97 Å². The molecule has 1 aromatic rings. The molecule has 0 saturated carbocycles. The number of carbonyl (C=O) groups is 1. The van der Waals surface area contributed by atoms with Gasteiger partial charge in [0, 0.05) is 37.5 Å². The summed E-state index contributed by atoms with van der Waals surface area (Å²) in [6.07, 6.45) is 1.24. The van der Waals surface area contributed by atoms with Crippen LogP contribution in [0.1, 0.15) is 17.6 Å². The highest BCUT2D eigenvalue weighted by atomic mass is 32.1. The van der Waals surface area contributed by atoms with Crippen LogP contribution in [-0.4, -0.2) is 67.1 Å². The molecule has 20 heavy (non-hydrogen) atoms. The number of esters is 1. The summed E-state index contributed by atoms with van der Waals surface area (Å²) >= 11 is 1.64. The number of thiazole rings is 1. The van der Waals surface area contributed by atoms with Gasteiger partial charge < -0.3 is 14.5 Å². The second kappa shape index (κ2) is 7.15. The first-order valence-electron chi connectivity index (χ1n) is 7.06. The minimum absolute atomic E-state index is 0.195. The highest BCUT2D eigenvalue weighted by Gasteiger charge is 2.23. The number of rotatable bonds is 5. The lowest BCUT2D eigenvalue weighted by Crippen LogP contribution is -2.50. The van der Waals surface area contributed by atoms with Crippen LogP contribution < -0.4 is 0 Å². The number of hydrogen-bond acceptors (Lipinski definition) is 6. The number of nitrogens with zero attached hydrogens (tertiary/aromatic N) is 3. The standard InChI is InChI=1S/C14H23N3O2S/c1-4-19-14(18)7-11-10-20-13(15-11)8-12-9-16(2)5-6-17(12)3/h10,12H,4-9H2,1-3H3. The molecule has 1 unspecified atom stereocenters. The Balaban J connectivity index is 1.90. The van der Waals surface area contributed by atoms with E-state index in [1.54, 1.807) is 11.3 Å². The molecule has 0 aliphatic carbocycles. The smallest absolute Gasteiger partial charge is 0.311 e. The van der Waals surface area contributed by atoms with Crippen molar-refractivity contribution in [3.8, 4) is 0 Å². The molecule has 1 aromatic heterocycles. The van der Waals surface area contributed by atoms with E-state index < -0.39 is 0 Å². The number of carbonyl (C=O) groups excluding carboxylic acids is 1. The molecule has 5 nitrogen and oxygen atoms in total. The van der Waals surface area contributed by atoms with Gasteiger partial charge in [-0.1, -0.05) is 0 Å². The van der Waals surface area contributed by atoms with E-state index in [0.717, 1.165) is 36.8 Å². The van der Waals surface area contributed by atoms with Crippen molar-refractivity contribution in [1.82, 2.24) is 14.8 Å². The first-order chi connectivity index (χ1) is 9.58. The van der Waals surface area contributed by atoms with E-state index in [0.29, 0.717) is 12.6 Å². The lowest BCUT2D eigenvalue weighted by molar-refractivity contribution is -0.142. The van der Waals surface area contributed by atoms with Gasteiger partial charge in [-0.3, -0.25) is 4.79 Å². The Bertz CT molecular complexity index is 449. The quantitative estimate of drug-likeness (QED) is 0.760. The SMILES string of the molecule is CCOC(=O)Cc1csc(CC2CN(C)CCN2C)n1. The first-order valence-corrected chi connectivity index (χ1v) is 7.94. The highest BCUT2D eigenvalue weighted by Crippen LogP contribution is 2.17. The van der Waals surface area contributed by atoms with Crippen LogP contribution in [0.15, 0.2) is 5.38 Å². The molecule has 0 amide bonds. The molecule has 2 rings (SSSR count). The zero-order valence-corrected chi connectivity index (χ0v) is 13.3. The zero-order valence-electron chi connectivity index (χ0n) is 12.5. The van der Waals surface area contributed by atoms with Gasteiger partial charge in [-0.25, -0.2) is 4.98 Å². The van der Waals surface area contributed by atoms with E-state index in [9.17, 15) is 4.79 Å². The second-order valence-electron chi connectivity index (χ2n) is 5.32. The maximum absolute atomic E-state index is 11.4. The summed E-state index contributed by atoms with van der Waals surface area (Å²) < 4.78 is 4.95. The molecule has 2 heterocycles. The molecular weight excluding hydrogens is 274 g/mol. The van der Waals surface area contributed by atoms with E-state index in [-0.39, 0.29) is 12.4 Å². The van der Waals surface area contributed by atoms with E-state index >= 15 is 0 Å². The molecule has 112 valence electrons. The maximum atomic E-state index is 11.4. The average molecular weight is 297 g/mol. The van der Waals surface area contributed by atoms with E-state index in [2.05, 4.69) is 28.9 Å². The second-order valence-corrected chi connectivity index (χ2v) is 6.26. The van der Waals surface area contributed by atoms with Crippen molar-refractivity contribution in [2.24, 2.45) is 0 Å². The molecular formula is C14H23N3O2S. The fraction of sp³-hybridized carbons (Fsp3) is 0.714. The molecule has 6 heteroatoms. The third kappa shape index (κ3) is 4.26. The van der Waals surface area contributed by atoms with Crippen LogP contribution in [0.25, 0.3) is 0 Å². The molecule has 0 N–H and O–H groups in total. The zero-order chi connectivity index (χ0) is 14.5. The molecule has 0 radical (unpaired) electrons. The van der Waals surface area contributed by atoms with Crippen molar-refractivity contribution in [1.29, 1.82) is 0 Å². The van der Waals surface area contributed by atoms with Gasteiger partial charge in [0.2, 0.25) is 0 Å². The summed E-state index contributed by atoms with van der Waals surface area (Å²) in [7, 11) is 4.33. The van der Waals surface area contributed by atoms with Gasteiger partial charge in [0.25, 0.3) is 0 Å². The Labute approximate surface area is 124 Å². The Morgan fingerprint density at radius 2 is 2.30 bits per heavy atom. The van der Waals surface area contributed by atoms with E-state index in [1.165, 1.54) is 0 Å². The van der Waals surface area contributed by atoms with Crippen molar-refractivity contribution >= 4 is 17.3 Å². The molecule has 1 aliphatic heterocycles. The van der Waals surface area contributed by atoms with Crippen LogP contribution in [0.2, 0.25) is 0 Å². The van der Waals surface area contributed by atoms with Crippen LogP contribution >= 0.6 is 11.3 Å². The average Bonchev–Trinajstić information content (AvgIpc) is 2.81. The van der Waals surface area contributed by atoms with Crippen LogP contribution in [0.5, 0.6) is 0 Å². The number of ether oxygens (including phenoxy) is 1. The monoisotopic (exact) mass is 297 g/mol. The minimum atomic E-state index is -0.195. The van der Waals surface area contributed by atoms with E-state index in [1.807, 2.05) is 12.3 Å². The summed E-state index contributed by atoms with van der Waals surface area (Å²) in [5, 5.41) is 3.08. The van der Waals surface area contributed by atoms with Crippen LogP contribution in [-0.2, 0) is 22.4 Å². The lowest BCUT2D eigenvalue weighted by Gasteiger charge is -2.37. The predicted molar refractivity (Wildman–Crippen MR) is 80.1 cm³/mol. The summed E-state index contributed by atoms with van der Waals surface area (Å²) in [5.41, 5.74) is 0.829. The van der Waals surface area contributed by atoms with Crippen molar-refractivity contribution in [2.75, 3.05) is 40.3 Å². The van der Waals surface area contributed by atoms with Crippen molar-refractivity contribution in [2.45, 2.75) is 25.8 Å². The Morgan fingerprint density at radius 3 is 3.05 bits per heavy atom. The van der Waals surface area contributed by atoms with Crippen LogP contribution in [0.3, 0.4) is 0 Å². The van der Waals surface area contributed by atoms with Crippen LogP contribution in [0.4, 0.5) is 0 Å².